The van der Waals surface area contributed by atoms with Gasteiger partial charge >= 0.3 is 0 Å². The molecule has 0 aliphatic heterocycles. The fourth-order valence-electron chi connectivity index (χ4n) is 1.77. The van der Waals surface area contributed by atoms with Gasteiger partial charge in [0.25, 0.3) is 0 Å². The molecule has 0 heterocycles. The van der Waals surface area contributed by atoms with Gasteiger partial charge < -0.3 is 9.64 Å². The quantitative estimate of drug-likeness (QED) is 0.728. The highest BCUT2D eigenvalue weighted by molar-refractivity contribution is 9.10. The van der Waals surface area contributed by atoms with Crippen LogP contribution in [0.3, 0.4) is 0 Å². The Kier molecular flexibility index (Phi) is 7.62. The van der Waals surface area contributed by atoms with Crippen molar-refractivity contribution in [3.8, 4) is 5.75 Å². The van der Waals surface area contributed by atoms with E-state index in [0.29, 0.717) is 13.2 Å². The number of benzene rings is 1. The Bertz CT molecular complexity index is 424. The first-order chi connectivity index (χ1) is 9.52. The predicted octanol–water partition coefficient (Wildman–Crippen LogP) is 2.63. The number of rotatable bonds is 8. The highest BCUT2D eigenvalue weighted by Crippen LogP contribution is 2.17. The summed E-state index contributed by atoms with van der Waals surface area (Å²) < 4.78 is 6.71. The van der Waals surface area contributed by atoms with E-state index in [0.717, 1.165) is 29.7 Å². The molecule has 0 bridgehead atoms. The zero-order valence-electron chi connectivity index (χ0n) is 12.4. The van der Waals surface area contributed by atoms with Gasteiger partial charge in [0.1, 0.15) is 12.4 Å². The van der Waals surface area contributed by atoms with Crippen LogP contribution >= 0.6 is 15.9 Å². The molecule has 112 valence electrons. The van der Waals surface area contributed by atoms with E-state index in [2.05, 4.69) is 27.8 Å². The molecule has 5 heteroatoms. The summed E-state index contributed by atoms with van der Waals surface area (Å²) in [6.07, 6.45) is 1.03. The van der Waals surface area contributed by atoms with Crippen molar-refractivity contribution in [3.05, 3.63) is 28.7 Å². The van der Waals surface area contributed by atoms with Crippen molar-refractivity contribution >= 4 is 21.8 Å². The molecule has 0 fully saturated rings. The topological polar surface area (TPSA) is 32.8 Å². The van der Waals surface area contributed by atoms with E-state index in [1.54, 1.807) is 19.0 Å². The normalized spacial score (nSPS) is 10.7. The van der Waals surface area contributed by atoms with E-state index >= 15 is 0 Å². The van der Waals surface area contributed by atoms with Gasteiger partial charge in [0.05, 0.1) is 6.54 Å². The van der Waals surface area contributed by atoms with Crippen LogP contribution in [0.4, 0.5) is 0 Å². The summed E-state index contributed by atoms with van der Waals surface area (Å²) in [5, 5.41) is 0. The zero-order chi connectivity index (χ0) is 15.0. The van der Waals surface area contributed by atoms with Crippen molar-refractivity contribution in [2.75, 3.05) is 40.3 Å². The summed E-state index contributed by atoms with van der Waals surface area (Å²) in [6.45, 7) is 4.80. The summed E-state index contributed by atoms with van der Waals surface area (Å²) in [5.74, 6) is 0.968. The third-order valence-electron chi connectivity index (χ3n) is 2.87. The average Bonchev–Trinajstić information content (AvgIpc) is 2.38. The third kappa shape index (κ3) is 6.39. The van der Waals surface area contributed by atoms with Gasteiger partial charge in [-0.05, 0) is 31.2 Å². The smallest absolute Gasteiger partial charge is 0.236 e. The maximum absolute atomic E-state index is 11.7. The molecule has 1 aromatic carbocycles. The Balaban J connectivity index is 2.40. The second-order valence-electron chi connectivity index (χ2n) is 4.87. The Morgan fingerprint density at radius 3 is 2.65 bits per heavy atom. The zero-order valence-corrected chi connectivity index (χ0v) is 14.0. The fraction of sp³-hybridized carbons (Fsp3) is 0.533. The molecule has 0 saturated carbocycles. The summed E-state index contributed by atoms with van der Waals surface area (Å²) in [4.78, 5) is 15.5. The first kappa shape index (κ1) is 17.0. The highest BCUT2D eigenvalue weighted by Gasteiger charge is 2.11. The van der Waals surface area contributed by atoms with Crippen molar-refractivity contribution < 1.29 is 9.53 Å². The highest BCUT2D eigenvalue weighted by atomic mass is 79.9. The van der Waals surface area contributed by atoms with Crippen LogP contribution in [0.5, 0.6) is 5.75 Å². The van der Waals surface area contributed by atoms with Crippen molar-refractivity contribution in [1.29, 1.82) is 0 Å². The summed E-state index contributed by atoms with van der Waals surface area (Å²) in [5.41, 5.74) is 0. The lowest BCUT2D eigenvalue weighted by molar-refractivity contribution is -0.130. The second-order valence-corrected chi connectivity index (χ2v) is 5.79. The minimum absolute atomic E-state index is 0.126. The number of carbonyl (C=O) groups excluding carboxylic acids is 1. The fourth-order valence-corrected chi connectivity index (χ4v) is 2.15. The molecule has 0 saturated heterocycles. The molecule has 1 amide bonds. The monoisotopic (exact) mass is 342 g/mol. The minimum atomic E-state index is 0.126. The number of ether oxygens (including phenoxy) is 1. The van der Waals surface area contributed by atoms with Crippen LogP contribution in [-0.4, -0.2) is 56.0 Å². The summed E-state index contributed by atoms with van der Waals surface area (Å²) in [7, 11) is 3.56. The Labute approximate surface area is 129 Å². The number of amides is 1. The van der Waals surface area contributed by atoms with Crippen LogP contribution in [0.15, 0.2) is 28.7 Å². The second kappa shape index (κ2) is 8.97. The Hall–Kier alpha value is -1.07. The van der Waals surface area contributed by atoms with Crippen molar-refractivity contribution in [3.63, 3.8) is 0 Å². The van der Waals surface area contributed by atoms with Gasteiger partial charge in [-0.3, -0.25) is 9.69 Å². The van der Waals surface area contributed by atoms with Crippen LogP contribution in [0, 0.1) is 0 Å². The number of hydrogen-bond donors (Lipinski definition) is 0. The Morgan fingerprint density at radius 2 is 2.05 bits per heavy atom. The molecule has 0 spiro atoms. The van der Waals surface area contributed by atoms with Gasteiger partial charge in [-0.25, -0.2) is 0 Å². The maximum Gasteiger partial charge on any atom is 0.236 e. The van der Waals surface area contributed by atoms with E-state index in [1.165, 1.54) is 0 Å². The van der Waals surface area contributed by atoms with Gasteiger partial charge in [0.15, 0.2) is 0 Å². The van der Waals surface area contributed by atoms with Gasteiger partial charge in [-0.15, -0.1) is 0 Å². The lowest BCUT2D eigenvalue weighted by Gasteiger charge is -2.23. The average molecular weight is 343 g/mol. The van der Waals surface area contributed by atoms with Gasteiger partial charge in [-0.1, -0.05) is 28.9 Å². The number of halogens is 1. The largest absolute Gasteiger partial charge is 0.492 e. The standard InChI is InChI=1S/C15H23BrN2O2/c1-4-8-18(12-15(19)17(2)3)9-10-20-14-7-5-6-13(16)11-14/h5-7,11H,4,8-10,12H2,1-3H3. The lowest BCUT2D eigenvalue weighted by atomic mass is 10.3. The van der Waals surface area contributed by atoms with E-state index in [9.17, 15) is 4.79 Å². The van der Waals surface area contributed by atoms with Crippen LogP contribution in [-0.2, 0) is 4.79 Å². The van der Waals surface area contributed by atoms with Crippen molar-refractivity contribution in [1.82, 2.24) is 9.80 Å². The summed E-state index contributed by atoms with van der Waals surface area (Å²) >= 11 is 3.42. The SMILES string of the molecule is CCCN(CCOc1cccc(Br)c1)CC(=O)N(C)C. The molecule has 0 aliphatic rings. The van der Waals surface area contributed by atoms with E-state index in [4.69, 9.17) is 4.74 Å². The molecule has 1 rings (SSSR count). The molecule has 0 aromatic heterocycles. The number of likely N-dealkylation sites (N-methyl/N-ethyl adjacent to an activating group) is 1. The molecule has 20 heavy (non-hydrogen) atoms. The van der Waals surface area contributed by atoms with Crippen molar-refractivity contribution in [2.45, 2.75) is 13.3 Å². The van der Waals surface area contributed by atoms with Gasteiger partial charge in [0, 0.05) is 25.1 Å². The number of hydrogen-bond acceptors (Lipinski definition) is 3. The van der Waals surface area contributed by atoms with E-state index in [-0.39, 0.29) is 5.91 Å². The van der Waals surface area contributed by atoms with Crippen molar-refractivity contribution in [2.24, 2.45) is 0 Å². The minimum Gasteiger partial charge on any atom is -0.492 e. The molecule has 0 aliphatic carbocycles. The van der Waals surface area contributed by atoms with E-state index in [1.807, 2.05) is 24.3 Å². The molecule has 4 nitrogen and oxygen atoms in total. The van der Waals surface area contributed by atoms with Crippen LogP contribution in [0.2, 0.25) is 0 Å². The molecular formula is C15H23BrN2O2. The molecule has 0 atom stereocenters. The first-order valence-corrected chi connectivity index (χ1v) is 7.63. The maximum atomic E-state index is 11.7. The molecular weight excluding hydrogens is 320 g/mol. The third-order valence-corrected chi connectivity index (χ3v) is 3.36. The predicted molar refractivity (Wildman–Crippen MR) is 85.1 cm³/mol. The lowest BCUT2D eigenvalue weighted by Crippen LogP contribution is -2.39. The van der Waals surface area contributed by atoms with Gasteiger partial charge in [-0.2, -0.15) is 0 Å². The van der Waals surface area contributed by atoms with Crippen LogP contribution < -0.4 is 4.74 Å². The molecule has 1 aromatic rings. The van der Waals surface area contributed by atoms with Gasteiger partial charge in [0.2, 0.25) is 5.91 Å². The van der Waals surface area contributed by atoms with Crippen LogP contribution in [0.25, 0.3) is 0 Å². The van der Waals surface area contributed by atoms with Crippen LogP contribution in [0.1, 0.15) is 13.3 Å². The molecule has 0 radical (unpaired) electrons. The molecule has 0 N–H and O–H groups in total. The summed E-state index contributed by atoms with van der Waals surface area (Å²) in [6, 6.07) is 7.78. The first-order valence-electron chi connectivity index (χ1n) is 6.83. The van der Waals surface area contributed by atoms with E-state index < -0.39 is 0 Å². The Morgan fingerprint density at radius 1 is 1.30 bits per heavy atom. The number of nitrogens with zero attached hydrogens (tertiary/aromatic N) is 2. The number of carbonyl (C=O) groups is 1. The molecule has 0 unspecified atom stereocenters.